The van der Waals surface area contributed by atoms with Gasteiger partial charge in [0.2, 0.25) is 5.91 Å². The molecule has 0 aromatic carbocycles. The average Bonchev–Trinajstić information content (AvgIpc) is 2.97. The highest BCUT2D eigenvalue weighted by Gasteiger charge is 2.24. The van der Waals surface area contributed by atoms with Crippen LogP contribution in [0, 0.1) is 12.3 Å². The summed E-state index contributed by atoms with van der Waals surface area (Å²) in [5, 5.41) is 6.87. The minimum absolute atomic E-state index is 0. The van der Waals surface area contributed by atoms with Gasteiger partial charge in [-0.2, -0.15) is 0 Å². The van der Waals surface area contributed by atoms with E-state index in [2.05, 4.69) is 15.4 Å². The predicted molar refractivity (Wildman–Crippen MR) is 106 cm³/mol. The first kappa shape index (κ1) is 19.2. The molecule has 2 aromatic heterocycles. The van der Waals surface area contributed by atoms with Gasteiger partial charge in [-0.3, -0.25) is 4.79 Å². The number of hydrogen-bond acceptors (Lipinski definition) is 6. The van der Waals surface area contributed by atoms with Crippen molar-refractivity contribution in [2.24, 2.45) is 5.41 Å². The van der Waals surface area contributed by atoms with Crippen LogP contribution in [0.1, 0.15) is 52.2 Å². The number of methoxy groups -OCH3 is 1. The normalized spacial score (nSPS) is 14.0. The van der Waals surface area contributed by atoms with Gasteiger partial charge in [-0.15, -0.1) is 0 Å². The quantitative estimate of drug-likeness (QED) is 0.853. The summed E-state index contributed by atoms with van der Waals surface area (Å²) < 4.78 is 10.9. The van der Waals surface area contributed by atoms with E-state index in [9.17, 15) is 4.79 Å². The summed E-state index contributed by atoms with van der Waals surface area (Å²) >= 11 is 0. The van der Waals surface area contributed by atoms with Gasteiger partial charge in [0.15, 0.2) is 17.3 Å². The highest BCUT2D eigenvalue weighted by Crippen LogP contribution is 2.35. The third-order valence-electron chi connectivity index (χ3n) is 4.42. The largest absolute Gasteiger partial charge is 0.493 e. The SMILES string of the molecule is COc1cc2c(nc1NC(=O)CC(C)(C)C)CCCN2Cc1cc(C)no1.[HH]. The lowest BCUT2D eigenvalue weighted by Crippen LogP contribution is -2.30. The van der Waals surface area contributed by atoms with E-state index >= 15 is 0 Å². The molecule has 2 aromatic rings. The highest BCUT2D eigenvalue weighted by molar-refractivity contribution is 5.92. The molecule has 0 fully saturated rings. The second-order valence-corrected chi connectivity index (χ2v) is 8.25. The number of aryl methyl sites for hydroxylation is 2. The average molecular weight is 374 g/mol. The molecule has 0 radical (unpaired) electrons. The number of nitrogens with zero attached hydrogens (tertiary/aromatic N) is 3. The Balaban J connectivity index is 0.00000280. The maximum absolute atomic E-state index is 12.3. The number of rotatable bonds is 5. The summed E-state index contributed by atoms with van der Waals surface area (Å²) in [6, 6.07) is 3.90. The van der Waals surface area contributed by atoms with Crippen LogP contribution in [0.15, 0.2) is 16.7 Å². The zero-order chi connectivity index (χ0) is 19.6. The fraction of sp³-hybridized carbons (Fsp3) is 0.550. The van der Waals surface area contributed by atoms with E-state index < -0.39 is 0 Å². The Morgan fingerprint density at radius 2 is 2.19 bits per heavy atom. The van der Waals surface area contributed by atoms with Gasteiger partial charge in [0.25, 0.3) is 0 Å². The molecule has 1 amide bonds. The van der Waals surface area contributed by atoms with Crippen LogP contribution < -0.4 is 15.0 Å². The van der Waals surface area contributed by atoms with E-state index in [0.29, 0.717) is 24.5 Å². The number of anilines is 2. The molecule has 1 aliphatic rings. The molecule has 0 saturated carbocycles. The Hall–Kier alpha value is -2.57. The first-order chi connectivity index (χ1) is 12.7. The van der Waals surface area contributed by atoms with Crippen molar-refractivity contribution in [3.05, 3.63) is 29.3 Å². The third kappa shape index (κ3) is 4.78. The molecule has 1 N–H and O–H groups in total. The number of ether oxygens (including phenoxy) is 1. The molecule has 7 nitrogen and oxygen atoms in total. The number of aromatic nitrogens is 2. The second-order valence-electron chi connectivity index (χ2n) is 8.25. The molecule has 0 bridgehead atoms. The van der Waals surface area contributed by atoms with Crippen molar-refractivity contribution in [2.75, 3.05) is 23.9 Å². The van der Waals surface area contributed by atoms with Crippen LogP contribution in [0.2, 0.25) is 0 Å². The van der Waals surface area contributed by atoms with E-state index in [-0.39, 0.29) is 12.7 Å². The van der Waals surface area contributed by atoms with Gasteiger partial charge >= 0.3 is 0 Å². The third-order valence-corrected chi connectivity index (χ3v) is 4.42. The number of amides is 1. The first-order valence-electron chi connectivity index (χ1n) is 9.30. The molecule has 3 heterocycles. The van der Waals surface area contributed by atoms with Crippen LogP contribution in [0.5, 0.6) is 5.75 Å². The minimum atomic E-state index is -0.0858. The molecular formula is C20H30N4O3. The number of fused-ring (bicyclic) bond motifs is 1. The number of carbonyl (C=O) groups is 1. The molecule has 0 spiro atoms. The molecule has 3 rings (SSSR count). The second kappa shape index (κ2) is 7.58. The Labute approximate surface area is 161 Å². The van der Waals surface area contributed by atoms with E-state index in [1.54, 1.807) is 7.11 Å². The number of pyridine rings is 1. The van der Waals surface area contributed by atoms with Crippen LogP contribution in [0.4, 0.5) is 11.5 Å². The Morgan fingerprint density at radius 1 is 1.41 bits per heavy atom. The summed E-state index contributed by atoms with van der Waals surface area (Å²) in [6.45, 7) is 9.56. The Kier molecular flexibility index (Phi) is 5.39. The summed E-state index contributed by atoms with van der Waals surface area (Å²) in [5.41, 5.74) is 2.76. The maximum atomic E-state index is 12.3. The standard InChI is InChI=1S/C20H28N4O3.H2/c1-13-9-14(27-23-13)12-24-8-6-7-15-16(24)10-17(26-5)19(21-15)22-18(25)11-20(2,3)4;/h9-10H,6-8,11-12H2,1-5H3,(H,21,22,25);1H. The molecule has 7 heteroatoms. The van der Waals surface area contributed by atoms with Crippen molar-refractivity contribution in [1.29, 1.82) is 0 Å². The predicted octanol–water partition coefficient (Wildman–Crippen LogP) is 3.96. The van der Waals surface area contributed by atoms with E-state index in [1.807, 2.05) is 39.8 Å². The molecule has 27 heavy (non-hydrogen) atoms. The van der Waals surface area contributed by atoms with Crippen LogP contribution in [-0.4, -0.2) is 29.7 Å². The number of hydrogen-bond donors (Lipinski definition) is 1. The van der Waals surface area contributed by atoms with Crippen LogP contribution in [-0.2, 0) is 17.8 Å². The minimum Gasteiger partial charge on any atom is -0.493 e. The van der Waals surface area contributed by atoms with E-state index in [4.69, 9.17) is 14.2 Å². The van der Waals surface area contributed by atoms with Crippen LogP contribution >= 0.6 is 0 Å². The smallest absolute Gasteiger partial charge is 0.226 e. The fourth-order valence-electron chi connectivity index (χ4n) is 3.28. The van der Waals surface area contributed by atoms with Crippen molar-refractivity contribution < 1.29 is 15.5 Å². The van der Waals surface area contributed by atoms with E-state index in [1.165, 1.54) is 0 Å². The lowest BCUT2D eigenvalue weighted by atomic mass is 9.92. The van der Waals surface area contributed by atoms with Gasteiger partial charge in [-0.25, -0.2) is 4.98 Å². The molecule has 1 aliphatic heterocycles. The highest BCUT2D eigenvalue weighted by atomic mass is 16.5. The Morgan fingerprint density at radius 3 is 2.81 bits per heavy atom. The van der Waals surface area contributed by atoms with Crippen LogP contribution in [0.25, 0.3) is 0 Å². The number of nitrogens with one attached hydrogen (secondary N) is 1. The molecule has 0 unspecified atom stereocenters. The van der Waals surface area contributed by atoms with Crippen molar-refractivity contribution in [3.63, 3.8) is 0 Å². The van der Waals surface area contributed by atoms with Gasteiger partial charge in [-0.05, 0) is 25.2 Å². The van der Waals surface area contributed by atoms with Crippen molar-refractivity contribution in [1.82, 2.24) is 10.1 Å². The van der Waals surface area contributed by atoms with Gasteiger partial charge in [0.1, 0.15) is 0 Å². The fourth-order valence-corrected chi connectivity index (χ4v) is 3.28. The molecule has 148 valence electrons. The van der Waals surface area contributed by atoms with Gasteiger partial charge < -0.3 is 19.5 Å². The van der Waals surface area contributed by atoms with Crippen molar-refractivity contribution in [2.45, 2.75) is 53.5 Å². The lowest BCUT2D eigenvalue weighted by molar-refractivity contribution is -0.117. The first-order valence-corrected chi connectivity index (χ1v) is 9.30. The van der Waals surface area contributed by atoms with Gasteiger partial charge in [0, 0.05) is 26.5 Å². The van der Waals surface area contributed by atoms with Gasteiger partial charge in [-0.1, -0.05) is 25.9 Å². The van der Waals surface area contributed by atoms with E-state index in [0.717, 1.165) is 42.2 Å². The molecular weight excluding hydrogens is 344 g/mol. The monoisotopic (exact) mass is 374 g/mol. The zero-order valence-electron chi connectivity index (χ0n) is 16.8. The van der Waals surface area contributed by atoms with Crippen molar-refractivity contribution >= 4 is 17.4 Å². The lowest BCUT2D eigenvalue weighted by Gasteiger charge is -2.30. The van der Waals surface area contributed by atoms with Gasteiger partial charge in [0.05, 0.1) is 30.7 Å². The zero-order valence-corrected chi connectivity index (χ0v) is 16.8. The molecule has 0 saturated heterocycles. The van der Waals surface area contributed by atoms with Crippen molar-refractivity contribution in [3.8, 4) is 5.75 Å². The molecule has 0 aliphatic carbocycles. The topological polar surface area (TPSA) is 80.5 Å². The Bertz CT molecular complexity index is 829. The summed E-state index contributed by atoms with van der Waals surface area (Å²) in [7, 11) is 1.59. The summed E-state index contributed by atoms with van der Waals surface area (Å²) in [6.07, 6.45) is 2.29. The maximum Gasteiger partial charge on any atom is 0.226 e. The number of carbonyl (C=O) groups excluding carboxylic acids is 1. The summed E-state index contributed by atoms with van der Waals surface area (Å²) in [4.78, 5) is 19.3. The summed E-state index contributed by atoms with van der Waals surface area (Å²) in [5.74, 6) is 1.82. The van der Waals surface area contributed by atoms with Crippen LogP contribution in [0.3, 0.4) is 0 Å². The molecule has 0 atom stereocenters.